The Morgan fingerprint density at radius 1 is 1.28 bits per heavy atom. The minimum Gasteiger partial charge on any atom is -0.491 e. The number of hydrogen-bond acceptors (Lipinski definition) is 5. The summed E-state index contributed by atoms with van der Waals surface area (Å²) in [6, 6.07) is 9.13. The van der Waals surface area contributed by atoms with Gasteiger partial charge in [-0.15, -0.1) is 0 Å². The number of carbonyl (C=O) groups excluding carboxylic acids is 1. The topological polar surface area (TPSA) is 110 Å². The van der Waals surface area contributed by atoms with Crippen LogP contribution in [0.15, 0.2) is 47.1 Å². The van der Waals surface area contributed by atoms with Crippen molar-refractivity contribution in [3.05, 3.63) is 53.9 Å². The maximum Gasteiger partial charge on any atom is 0.245 e. The Labute approximate surface area is 171 Å². The number of amidine groups is 1. The molecule has 0 bridgehead atoms. The third-order valence-corrected chi connectivity index (χ3v) is 5.90. The summed E-state index contributed by atoms with van der Waals surface area (Å²) in [6.07, 6.45) is 6.70. The van der Waals surface area contributed by atoms with E-state index in [2.05, 4.69) is 14.1 Å². The predicted molar refractivity (Wildman–Crippen MR) is 112 cm³/mol. The van der Waals surface area contributed by atoms with Gasteiger partial charge in [-0.3, -0.25) is 14.5 Å². The van der Waals surface area contributed by atoms with Crippen LogP contribution in [0.4, 0.5) is 5.69 Å². The second-order valence-electron chi connectivity index (χ2n) is 7.09. The molecule has 1 aromatic carbocycles. The molecule has 29 heavy (non-hydrogen) atoms. The van der Waals surface area contributed by atoms with Crippen LogP contribution in [0, 0.1) is 0 Å². The molecule has 2 aromatic rings. The summed E-state index contributed by atoms with van der Waals surface area (Å²) in [5.41, 5.74) is 8.17. The number of ether oxygens (including phenoxy) is 1. The molecule has 1 aromatic heterocycles. The Kier molecular flexibility index (Phi) is 5.75. The number of likely N-dealkylation sites (tertiary alicyclic amines) is 1. The zero-order chi connectivity index (χ0) is 20.2. The molecule has 2 unspecified atom stereocenters. The molecule has 8 nitrogen and oxygen atoms in total. The first-order valence-corrected chi connectivity index (χ1v) is 10.7. The Bertz CT molecular complexity index is 950. The van der Waals surface area contributed by atoms with Crippen LogP contribution in [-0.2, 0) is 22.4 Å². The summed E-state index contributed by atoms with van der Waals surface area (Å²) in [7, 11) is 0. The van der Waals surface area contributed by atoms with E-state index in [1.54, 1.807) is 18.5 Å². The van der Waals surface area contributed by atoms with Gasteiger partial charge in [0, 0.05) is 18.9 Å². The van der Waals surface area contributed by atoms with Gasteiger partial charge in [-0.05, 0) is 49.1 Å². The molecule has 2 aliphatic heterocycles. The lowest BCUT2D eigenvalue weighted by molar-refractivity contribution is -0.134. The second-order valence-corrected chi connectivity index (χ2v) is 7.97. The summed E-state index contributed by atoms with van der Waals surface area (Å²) in [4.78, 5) is 18.8. The van der Waals surface area contributed by atoms with Crippen molar-refractivity contribution in [2.75, 3.05) is 17.9 Å². The van der Waals surface area contributed by atoms with Crippen molar-refractivity contribution in [2.45, 2.75) is 31.7 Å². The molecule has 3 heterocycles. The van der Waals surface area contributed by atoms with Gasteiger partial charge in [-0.1, -0.05) is 6.07 Å². The first kappa shape index (κ1) is 19.4. The molecule has 0 aliphatic carbocycles. The Morgan fingerprint density at radius 2 is 2.10 bits per heavy atom. The SMILES string of the molecule is NC1=NS(=O)Nc2cccc(OCC3CCCCN3C(=O)Cc3ccncc3)c21. The normalized spacial score (nSPS) is 21.0. The number of nitrogens with two attached hydrogens (primary N) is 1. The lowest BCUT2D eigenvalue weighted by Crippen LogP contribution is -2.47. The maximum absolute atomic E-state index is 12.9. The van der Waals surface area contributed by atoms with Gasteiger partial charge < -0.3 is 15.4 Å². The molecule has 1 amide bonds. The number of hydrogen-bond donors (Lipinski definition) is 2. The number of fused-ring (bicyclic) bond motifs is 1. The standard InChI is InChI=1S/C20H23N5O3S/c21-20-19-16(23-29(27)24-20)5-3-6-17(19)28-13-15-4-1-2-11-25(15)18(26)12-14-7-9-22-10-8-14/h3,5-10,15,23H,1-2,4,11-13H2,(H2,21,24). The van der Waals surface area contributed by atoms with Crippen molar-refractivity contribution in [1.29, 1.82) is 0 Å². The maximum atomic E-state index is 12.9. The molecular weight excluding hydrogens is 390 g/mol. The Morgan fingerprint density at radius 3 is 2.93 bits per heavy atom. The smallest absolute Gasteiger partial charge is 0.245 e. The van der Waals surface area contributed by atoms with E-state index in [0.717, 1.165) is 31.4 Å². The number of benzene rings is 1. The van der Waals surface area contributed by atoms with Gasteiger partial charge in [-0.25, -0.2) is 4.21 Å². The van der Waals surface area contributed by atoms with Gasteiger partial charge in [0.05, 0.1) is 23.7 Å². The van der Waals surface area contributed by atoms with Crippen LogP contribution in [-0.4, -0.2) is 45.0 Å². The molecule has 1 fully saturated rings. The quantitative estimate of drug-likeness (QED) is 0.777. The number of pyridine rings is 1. The lowest BCUT2D eigenvalue weighted by atomic mass is 10.0. The average Bonchev–Trinajstić information content (AvgIpc) is 2.72. The second kappa shape index (κ2) is 8.60. The Hall–Kier alpha value is -2.94. The fourth-order valence-electron chi connectivity index (χ4n) is 3.72. The van der Waals surface area contributed by atoms with Gasteiger partial charge in [0.2, 0.25) is 17.1 Å². The molecule has 1 saturated heterocycles. The fraction of sp³-hybridized carbons (Fsp3) is 0.350. The van der Waals surface area contributed by atoms with Crippen LogP contribution in [0.1, 0.15) is 30.4 Å². The average molecular weight is 414 g/mol. The summed E-state index contributed by atoms with van der Waals surface area (Å²) in [5.74, 6) is 0.847. The lowest BCUT2D eigenvalue weighted by Gasteiger charge is -2.36. The van der Waals surface area contributed by atoms with E-state index in [-0.39, 0.29) is 17.8 Å². The molecule has 0 spiro atoms. The van der Waals surface area contributed by atoms with Crippen LogP contribution < -0.4 is 15.2 Å². The number of piperidine rings is 1. The van der Waals surface area contributed by atoms with Crippen molar-refractivity contribution in [3.8, 4) is 5.75 Å². The summed E-state index contributed by atoms with van der Waals surface area (Å²) < 4.78 is 24.4. The molecular formula is C20H23N5O3S. The largest absolute Gasteiger partial charge is 0.491 e. The van der Waals surface area contributed by atoms with Gasteiger partial charge >= 0.3 is 0 Å². The zero-order valence-corrected chi connectivity index (χ0v) is 16.7. The molecule has 2 atom stereocenters. The number of anilines is 1. The third kappa shape index (κ3) is 4.40. The van der Waals surface area contributed by atoms with E-state index in [1.165, 1.54) is 0 Å². The number of rotatable bonds is 5. The minimum atomic E-state index is -1.58. The molecule has 0 radical (unpaired) electrons. The highest BCUT2D eigenvalue weighted by Gasteiger charge is 2.28. The van der Waals surface area contributed by atoms with Gasteiger partial charge in [0.1, 0.15) is 18.2 Å². The van der Waals surface area contributed by atoms with E-state index >= 15 is 0 Å². The van der Waals surface area contributed by atoms with Crippen molar-refractivity contribution in [2.24, 2.45) is 10.1 Å². The summed E-state index contributed by atoms with van der Waals surface area (Å²) >= 11 is -1.58. The zero-order valence-electron chi connectivity index (χ0n) is 15.9. The van der Waals surface area contributed by atoms with Crippen LogP contribution in [0.5, 0.6) is 5.75 Å². The monoisotopic (exact) mass is 413 g/mol. The number of nitrogens with zero attached hydrogens (tertiary/aromatic N) is 3. The van der Waals surface area contributed by atoms with Crippen LogP contribution in [0.3, 0.4) is 0 Å². The molecule has 0 saturated carbocycles. The Balaban J connectivity index is 1.46. The fourth-order valence-corrected chi connectivity index (χ4v) is 4.39. The predicted octanol–water partition coefficient (Wildman–Crippen LogP) is 1.79. The molecule has 152 valence electrons. The third-order valence-electron chi connectivity index (χ3n) is 5.14. The van der Waals surface area contributed by atoms with E-state index in [4.69, 9.17) is 10.5 Å². The van der Waals surface area contributed by atoms with Gasteiger partial charge in [0.15, 0.2) is 0 Å². The van der Waals surface area contributed by atoms with Crippen LogP contribution in [0.25, 0.3) is 0 Å². The van der Waals surface area contributed by atoms with E-state index in [1.807, 2.05) is 29.2 Å². The number of nitrogens with one attached hydrogen (secondary N) is 1. The first-order chi connectivity index (χ1) is 14.1. The molecule has 9 heteroatoms. The van der Waals surface area contributed by atoms with Gasteiger partial charge in [-0.2, -0.15) is 4.40 Å². The number of carbonyl (C=O) groups is 1. The summed E-state index contributed by atoms with van der Waals surface area (Å²) in [5, 5.41) is 0. The van der Waals surface area contributed by atoms with Crippen molar-refractivity contribution in [1.82, 2.24) is 9.88 Å². The number of amides is 1. The molecule has 3 N–H and O–H groups in total. The van der Waals surface area contributed by atoms with Crippen molar-refractivity contribution < 1.29 is 13.7 Å². The highest BCUT2D eigenvalue weighted by molar-refractivity contribution is 7.85. The van der Waals surface area contributed by atoms with Crippen LogP contribution >= 0.6 is 0 Å². The number of aromatic nitrogens is 1. The van der Waals surface area contributed by atoms with Gasteiger partial charge in [0.25, 0.3) is 0 Å². The molecule has 2 aliphatic rings. The van der Waals surface area contributed by atoms with E-state index < -0.39 is 11.2 Å². The minimum absolute atomic E-state index is 0.00205. The van der Waals surface area contributed by atoms with Crippen molar-refractivity contribution >= 4 is 28.6 Å². The highest BCUT2D eigenvalue weighted by atomic mass is 32.2. The van der Waals surface area contributed by atoms with E-state index in [0.29, 0.717) is 30.0 Å². The highest BCUT2D eigenvalue weighted by Crippen LogP contribution is 2.30. The molecule has 4 rings (SSSR count). The van der Waals surface area contributed by atoms with Crippen molar-refractivity contribution in [3.63, 3.8) is 0 Å². The first-order valence-electron chi connectivity index (χ1n) is 9.59. The summed E-state index contributed by atoms with van der Waals surface area (Å²) in [6.45, 7) is 1.10. The van der Waals surface area contributed by atoms with Crippen LogP contribution in [0.2, 0.25) is 0 Å². The van der Waals surface area contributed by atoms with E-state index in [9.17, 15) is 9.00 Å².